The van der Waals surface area contributed by atoms with Crippen molar-refractivity contribution in [2.24, 2.45) is 0 Å². The van der Waals surface area contributed by atoms with Crippen LogP contribution in [-0.2, 0) is 0 Å². The average molecular weight is 567 g/mol. The fraction of sp³-hybridized carbons (Fsp3) is 0. The van der Waals surface area contributed by atoms with E-state index in [4.69, 9.17) is 6.57 Å². The molecule has 206 valence electrons. The second-order valence-electron chi connectivity index (χ2n) is 10.6. The maximum Gasteiger partial charge on any atom is 0.270 e. The number of rotatable bonds is 4. The maximum absolute atomic E-state index is 14.1. The predicted molar refractivity (Wildman–Crippen MR) is 173 cm³/mol. The van der Waals surface area contributed by atoms with Crippen LogP contribution in [0.5, 0.6) is 0 Å². The number of benzene rings is 5. The first-order valence-electron chi connectivity index (χ1n) is 14.2. The van der Waals surface area contributed by atoms with E-state index >= 15 is 0 Å². The number of pyridine rings is 1. The summed E-state index contributed by atoms with van der Waals surface area (Å²) in [5.74, 6) is -0.351. The topological polar surface area (TPSA) is 59.6 Å². The van der Waals surface area contributed by atoms with E-state index in [1.54, 1.807) is 12.1 Å². The number of imide groups is 1. The molecule has 0 atom stereocenters. The molecule has 44 heavy (non-hydrogen) atoms. The van der Waals surface area contributed by atoms with Crippen LogP contribution in [0.15, 0.2) is 133 Å². The first-order chi connectivity index (χ1) is 21.6. The highest BCUT2D eigenvalue weighted by molar-refractivity contribution is 6.35. The smallest absolute Gasteiger partial charge is 0.270 e. The molecule has 0 N–H and O–H groups in total. The number of hydrogen-bond donors (Lipinski definition) is 0. The molecule has 0 fully saturated rings. The van der Waals surface area contributed by atoms with Gasteiger partial charge in [0.15, 0.2) is 5.69 Å². The number of nitrogens with zero attached hydrogens (tertiary/aromatic N) is 4. The summed E-state index contributed by atoms with van der Waals surface area (Å²) in [6.45, 7) is 7.35. The monoisotopic (exact) mass is 566 g/mol. The number of carbonyl (C=O) groups excluding carboxylic acids is 2. The number of anilines is 1. The summed E-state index contributed by atoms with van der Waals surface area (Å²) in [4.78, 5) is 37.1. The molecule has 0 radical (unpaired) electrons. The largest absolute Gasteiger partial charge is 0.361 e. The number of aromatic nitrogens is 2. The van der Waals surface area contributed by atoms with Gasteiger partial charge in [0.2, 0.25) is 0 Å². The van der Waals surface area contributed by atoms with Gasteiger partial charge in [-0.1, -0.05) is 79.4 Å². The Morgan fingerprint density at radius 3 is 2.11 bits per heavy atom. The van der Waals surface area contributed by atoms with Gasteiger partial charge in [-0.15, -0.1) is 4.98 Å². The van der Waals surface area contributed by atoms with Gasteiger partial charge < -0.3 is 9.41 Å². The molecule has 6 heteroatoms. The molecule has 5 aromatic carbocycles. The zero-order valence-electron chi connectivity index (χ0n) is 23.3. The van der Waals surface area contributed by atoms with Crippen LogP contribution in [-0.4, -0.2) is 21.4 Å². The van der Waals surface area contributed by atoms with Crippen LogP contribution < -0.4 is 4.90 Å². The van der Waals surface area contributed by atoms with Crippen molar-refractivity contribution in [3.8, 4) is 28.1 Å². The van der Waals surface area contributed by atoms with Crippen LogP contribution in [0.3, 0.4) is 0 Å². The normalized spacial score (nSPS) is 12.6. The molecular formula is C38H22N4O2. The molecule has 0 saturated heterocycles. The van der Waals surface area contributed by atoms with E-state index < -0.39 is 0 Å². The van der Waals surface area contributed by atoms with Crippen molar-refractivity contribution in [2.45, 2.75) is 0 Å². The molecule has 2 amide bonds. The molecule has 0 unspecified atom stereocenters. The van der Waals surface area contributed by atoms with Crippen molar-refractivity contribution in [3.05, 3.63) is 156 Å². The molecule has 2 aromatic heterocycles. The van der Waals surface area contributed by atoms with Crippen LogP contribution >= 0.6 is 0 Å². The quantitative estimate of drug-likeness (QED) is 0.158. The van der Waals surface area contributed by atoms with Crippen molar-refractivity contribution >= 4 is 45.1 Å². The van der Waals surface area contributed by atoms with Gasteiger partial charge in [-0.25, -0.2) is 4.90 Å². The zero-order valence-corrected chi connectivity index (χ0v) is 23.3. The Morgan fingerprint density at radius 1 is 0.591 bits per heavy atom. The van der Waals surface area contributed by atoms with Gasteiger partial charge in [-0.05, 0) is 71.8 Å². The van der Waals surface area contributed by atoms with Crippen molar-refractivity contribution in [3.63, 3.8) is 0 Å². The van der Waals surface area contributed by atoms with E-state index in [1.165, 1.54) is 4.90 Å². The summed E-state index contributed by atoms with van der Waals surface area (Å²) in [6, 6.07) is 42.4. The van der Waals surface area contributed by atoms with Crippen molar-refractivity contribution < 1.29 is 9.59 Å². The van der Waals surface area contributed by atoms with Gasteiger partial charge in [0.1, 0.15) is 0 Å². The summed E-state index contributed by atoms with van der Waals surface area (Å²) < 4.78 is 2.06. The molecule has 1 aliphatic rings. The lowest BCUT2D eigenvalue weighted by Gasteiger charge is -2.15. The SMILES string of the molecule is [C-]#[N+]c1cccc(-c2ccc3c(c2)c2ccccc2n3-c2cccc3c2C(=O)N(c2ccc(-c4ccccc4)cc2)C3=O)n1. The van der Waals surface area contributed by atoms with Crippen LogP contribution in [0.2, 0.25) is 0 Å². The van der Waals surface area contributed by atoms with Crippen molar-refractivity contribution in [2.75, 3.05) is 4.90 Å². The van der Waals surface area contributed by atoms with Crippen LogP contribution in [0, 0.1) is 6.57 Å². The molecule has 7 aromatic rings. The minimum atomic E-state index is -0.351. The lowest BCUT2D eigenvalue weighted by atomic mass is 10.1. The lowest BCUT2D eigenvalue weighted by molar-refractivity contribution is 0.0926. The third kappa shape index (κ3) is 3.84. The summed E-state index contributed by atoms with van der Waals surface area (Å²) in [5, 5.41) is 1.99. The van der Waals surface area contributed by atoms with E-state index in [1.807, 2.05) is 109 Å². The number of para-hydroxylation sites is 1. The number of fused-ring (bicyclic) bond motifs is 4. The second kappa shape index (κ2) is 9.90. The highest BCUT2D eigenvalue weighted by Crippen LogP contribution is 2.39. The van der Waals surface area contributed by atoms with Crippen LogP contribution in [0.25, 0.3) is 54.7 Å². The Bertz CT molecular complexity index is 2330. The Morgan fingerprint density at radius 2 is 1.30 bits per heavy atom. The lowest BCUT2D eigenvalue weighted by Crippen LogP contribution is -2.29. The molecule has 0 spiro atoms. The molecular weight excluding hydrogens is 544 g/mol. The van der Waals surface area contributed by atoms with Gasteiger partial charge >= 0.3 is 0 Å². The third-order valence-electron chi connectivity index (χ3n) is 8.18. The molecule has 6 nitrogen and oxygen atoms in total. The van der Waals surface area contributed by atoms with Gasteiger partial charge in [0, 0.05) is 16.3 Å². The first kappa shape index (κ1) is 25.4. The van der Waals surface area contributed by atoms with E-state index in [0.29, 0.717) is 34.0 Å². The zero-order chi connectivity index (χ0) is 29.8. The Balaban J connectivity index is 1.26. The van der Waals surface area contributed by atoms with E-state index in [2.05, 4.69) is 26.5 Å². The number of hydrogen-bond acceptors (Lipinski definition) is 3. The van der Waals surface area contributed by atoms with Crippen molar-refractivity contribution in [1.82, 2.24) is 9.55 Å². The molecule has 3 heterocycles. The molecule has 1 aliphatic heterocycles. The standard InChI is InChI=1S/C38H22N4O2/c1-39-35-16-8-13-31(40-35)26-19-22-33-30(23-26)28-11-5-6-14-32(28)42(33)34-15-7-12-29-36(34)38(44)41(37(29)43)27-20-17-25(18-21-27)24-9-3-2-4-10-24/h2-23H. The summed E-state index contributed by atoms with van der Waals surface area (Å²) in [7, 11) is 0. The highest BCUT2D eigenvalue weighted by atomic mass is 16.2. The first-order valence-corrected chi connectivity index (χ1v) is 14.2. The third-order valence-corrected chi connectivity index (χ3v) is 8.18. The minimum Gasteiger partial charge on any atom is -0.361 e. The number of amides is 2. The van der Waals surface area contributed by atoms with E-state index in [9.17, 15) is 9.59 Å². The summed E-state index contributed by atoms with van der Waals surface area (Å²) in [5.41, 5.74) is 7.43. The molecule has 8 rings (SSSR count). The Labute approximate surface area is 252 Å². The van der Waals surface area contributed by atoms with E-state index in [-0.39, 0.29) is 11.8 Å². The fourth-order valence-electron chi connectivity index (χ4n) is 6.16. The van der Waals surface area contributed by atoms with Gasteiger partial charge in [-0.3, -0.25) is 9.59 Å². The predicted octanol–water partition coefficient (Wildman–Crippen LogP) is 8.86. The number of carbonyl (C=O) groups is 2. The summed E-state index contributed by atoms with van der Waals surface area (Å²) in [6.07, 6.45) is 0. The van der Waals surface area contributed by atoms with Crippen molar-refractivity contribution in [1.29, 1.82) is 0 Å². The highest BCUT2D eigenvalue weighted by Gasteiger charge is 2.39. The molecule has 0 aliphatic carbocycles. The van der Waals surface area contributed by atoms with Gasteiger partial charge in [0.25, 0.3) is 17.6 Å². The molecule has 0 saturated carbocycles. The van der Waals surface area contributed by atoms with E-state index in [0.717, 1.165) is 38.5 Å². The minimum absolute atomic E-state index is 0.340. The summed E-state index contributed by atoms with van der Waals surface area (Å²) >= 11 is 0. The van der Waals surface area contributed by atoms with Crippen LogP contribution in [0.4, 0.5) is 11.5 Å². The van der Waals surface area contributed by atoms with Gasteiger partial charge in [-0.2, -0.15) is 0 Å². The maximum atomic E-state index is 14.1. The average Bonchev–Trinajstić information content (AvgIpc) is 3.55. The fourth-order valence-corrected chi connectivity index (χ4v) is 6.16. The molecule has 0 bridgehead atoms. The van der Waals surface area contributed by atoms with Crippen LogP contribution in [0.1, 0.15) is 20.7 Å². The van der Waals surface area contributed by atoms with Gasteiger partial charge in [0.05, 0.1) is 33.5 Å². The second-order valence-corrected chi connectivity index (χ2v) is 10.6. The Hall–Kier alpha value is -6.32. The Kier molecular flexibility index (Phi) is 5.71.